The topological polar surface area (TPSA) is 95.7 Å². The maximum absolute atomic E-state index is 14.9. The first-order valence-corrected chi connectivity index (χ1v) is 11.2. The number of aliphatic carboxylic acids is 1. The zero-order chi connectivity index (χ0) is 22.6. The Hall–Kier alpha value is -2.71. The molecule has 1 saturated carbocycles. The van der Waals surface area contributed by atoms with E-state index in [-0.39, 0.29) is 42.5 Å². The summed E-state index contributed by atoms with van der Waals surface area (Å²) in [6.07, 6.45) is 6.74. The van der Waals surface area contributed by atoms with Crippen LogP contribution >= 0.6 is 11.6 Å². The molecule has 0 radical (unpaired) electrons. The van der Waals surface area contributed by atoms with E-state index in [0.29, 0.717) is 16.5 Å². The molecule has 4 atom stereocenters. The Morgan fingerprint density at radius 2 is 2.00 bits per heavy atom. The maximum Gasteiger partial charge on any atom is 0.309 e. The molecule has 0 spiro atoms. The van der Waals surface area contributed by atoms with Gasteiger partial charge >= 0.3 is 5.97 Å². The van der Waals surface area contributed by atoms with Crippen molar-refractivity contribution in [3.63, 3.8) is 0 Å². The standard InChI is InChI=1S/C23H23ClFN3O4/c24-15-4-1-3-13(12-7-8-12)19(15)22(30)28-17-6-2-5-16(25)20(17)21(26-28)27-10-9-14(23(31)32)18(29)11-27/h1-6,12-14,18-19,29H,7-11H2,(H,31,32)/t13?,14?,18-,19?/m1/s1. The molecule has 1 aromatic heterocycles. The van der Waals surface area contributed by atoms with Gasteiger partial charge in [0.05, 0.1) is 28.8 Å². The van der Waals surface area contributed by atoms with Crippen molar-refractivity contribution in [2.24, 2.45) is 23.7 Å². The lowest BCUT2D eigenvalue weighted by Crippen LogP contribution is -2.47. The van der Waals surface area contributed by atoms with Crippen LogP contribution in [-0.4, -0.2) is 51.1 Å². The van der Waals surface area contributed by atoms with Gasteiger partial charge in [-0.2, -0.15) is 4.68 Å². The van der Waals surface area contributed by atoms with E-state index in [4.69, 9.17) is 11.6 Å². The third kappa shape index (κ3) is 3.51. The Balaban J connectivity index is 1.55. The molecule has 1 saturated heterocycles. The highest BCUT2D eigenvalue weighted by molar-refractivity contribution is 6.31. The van der Waals surface area contributed by atoms with Gasteiger partial charge in [-0.15, -0.1) is 5.10 Å². The van der Waals surface area contributed by atoms with Crippen LogP contribution in [-0.2, 0) is 4.79 Å². The van der Waals surface area contributed by atoms with Crippen LogP contribution in [0.4, 0.5) is 10.2 Å². The van der Waals surface area contributed by atoms with E-state index in [2.05, 4.69) is 5.10 Å². The number of aliphatic hydroxyl groups excluding tert-OH is 1. The number of β-amino-alcohol motifs (C(OH)–C–C–N with tert-alkyl or cyclic N) is 1. The smallest absolute Gasteiger partial charge is 0.309 e. The van der Waals surface area contributed by atoms with Crippen LogP contribution < -0.4 is 4.90 Å². The summed E-state index contributed by atoms with van der Waals surface area (Å²) < 4.78 is 16.1. The third-order valence-corrected chi connectivity index (χ3v) is 7.11. The van der Waals surface area contributed by atoms with Gasteiger partial charge < -0.3 is 15.1 Å². The highest BCUT2D eigenvalue weighted by Crippen LogP contribution is 2.46. The summed E-state index contributed by atoms with van der Waals surface area (Å²) in [6, 6.07) is 4.46. The number of carboxylic acids is 1. The van der Waals surface area contributed by atoms with Gasteiger partial charge in [-0.1, -0.05) is 29.8 Å². The van der Waals surface area contributed by atoms with Crippen LogP contribution in [0.1, 0.15) is 24.1 Å². The molecule has 1 aliphatic heterocycles. The molecule has 2 N–H and O–H groups in total. The fourth-order valence-electron chi connectivity index (χ4n) is 4.91. The number of carboxylic acid groups (broad SMARTS) is 1. The zero-order valence-corrected chi connectivity index (χ0v) is 18.0. The van der Waals surface area contributed by atoms with E-state index in [9.17, 15) is 24.2 Å². The Labute approximate surface area is 188 Å². The van der Waals surface area contributed by atoms with Crippen molar-refractivity contribution in [1.29, 1.82) is 0 Å². The summed E-state index contributed by atoms with van der Waals surface area (Å²) in [6.45, 7) is 0.267. The number of rotatable bonds is 4. The number of anilines is 1. The summed E-state index contributed by atoms with van der Waals surface area (Å²) in [7, 11) is 0. The number of nitrogens with zero attached hydrogens (tertiary/aromatic N) is 3. The molecule has 7 nitrogen and oxygen atoms in total. The van der Waals surface area contributed by atoms with Crippen molar-refractivity contribution in [2.75, 3.05) is 18.0 Å². The molecule has 168 valence electrons. The predicted octanol–water partition coefficient (Wildman–Crippen LogP) is 3.42. The Kier molecular flexibility index (Phi) is 5.29. The van der Waals surface area contributed by atoms with E-state index >= 15 is 0 Å². The maximum atomic E-state index is 14.9. The first-order chi connectivity index (χ1) is 15.4. The number of aromatic nitrogens is 2. The van der Waals surface area contributed by atoms with Gasteiger partial charge in [0.2, 0.25) is 0 Å². The van der Waals surface area contributed by atoms with Crippen molar-refractivity contribution in [3.05, 3.63) is 47.3 Å². The second-order valence-corrected chi connectivity index (χ2v) is 9.22. The predicted molar refractivity (Wildman–Crippen MR) is 117 cm³/mol. The molecule has 3 unspecified atom stereocenters. The van der Waals surface area contributed by atoms with Crippen LogP contribution in [0.25, 0.3) is 10.9 Å². The Morgan fingerprint density at radius 1 is 1.22 bits per heavy atom. The van der Waals surface area contributed by atoms with E-state index in [1.165, 1.54) is 16.8 Å². The number of hydrogen-bond donors (Lipinski definition) is 2. The minimum absolute atomic E-state index is 0.0108. The largest absolute Gasteiger partial charge is 0.481 e. The lowest BCUT2D eigenvalue weighted by molar-refractivity contribution is -0.146. The number of carbonyl (C=O) groups is 2. The molecule has 9 heteroatoms. The van der Waals surface area contributed by atoms with Gasteiger partial charge in [-0.25, -0.2) is 4.39 Å². The Bertz CT molecular complexity index is 1160. The van der Waals surface area contributed by atoms with Gasteiger partial charge in [0.25, 0.3) is 5.91 Å². The summed E-state index contributed by atoms with van der Waals surface area (Å²) in [5, 5.41) is 24.7. The number of aliphatic hydroxyl groups is 1. The fraction of sp³-hybridized carbons (Fsp3) is 0.435. The first kappa shape index (κ1) is 21.2. The number of piperidine rings is 1. The van der Waals surface area contributed by atoms with Gasteiger partial charge in [0, 0.05) is 18.1 Å². The molecule has 2 heterocycles. The van der Waals surface area contributed by atoms with Gasteiger partial charge in [-0.3, -0.25) is 9.59 Å². The molecule has 0 amide bonds. The van der Waals surface area contributed by atoms with Crippen LogP contribution in [0.3, 0.4) is 0 Å². The van der Waals surface area contributed by atoms with Crippen molar-refractivity contribution in [3.8, 4) is 0 Å². The van der Waals surface area contributed by atoms with Crippen LogP contribution in [0.2, 0.25) is 0 Å². The van der Waals surface area contributed by atoms with Gasteiger partial charge in [-0.05, 0) is 49.3 Å². The number of fused-ring (bicyclic) bond motifs is 1. The summed E-state index contributed by atoms with van der Waals surface area (Å²) in [5.74, 6) is -2.79. The average molecular weight is 460 g/mol. The van der Waals surface area contributed by atoms with Crippen molar-refractivity contribution < 1.29 is 24.2 Å². The highest BCUT2D eigenvalue weighted by atomic mass is 35.5. The van der Waals surface area contributed by atoms with Gasteiger partial charge in [0.1, 0.15) is 5.82 Å². The van der Waals surface area contributed by atoms with Gasteiger partial charge in [0.15, 0.2) is 5.82 Å². The lowest BCUT2D eigenvalue weighted by Gasteiger charge is -2.34. The molecule has 2 fully saturated rings. The van der Waals surface area contributed by atoms with Crippen molar-refractivity contribution >= 4 is 40.2 Å². The number of hydrogen-bond acceptors (Lipinski definition) is 5. The SMILES string of the molecule is O=C(O)C1CCN(c2nn(C(=O)C3C(Cl)=CC=CC3C3CC3)c3cccc(F)c23)C[C@H]1O. The number of benzene rings is 1. The molecule has 1 aromatic carbocycles. The minimum atomic E-state index is -1.12. The average Bonchev–Trinajstić information content (AvgIpc) is 3.53. The molecule has 3 aliphatic rings. The van der Waals surface area contributed by atoms with E-state index in [0.717, 1.165) is 12.8 Å². The second-order valence-electron chi connectivity index (χ2n) is 8.78. The molecule has 0 bridgehead atoms. The monoisotopic (exact) mass is 459 g/mol. The van der Waals surface area contributed by atoms with E-state index < -0.39 is 29.7 Å². The quantitative estimate of drug-likeness (QED) is 0.727. The normalized spacial score (nSPS) is 28.1. The molecule has 32 heavy (non-hydrogen) atoms. The first-order valence-electron chi connectivity index (χ1n) is 10.8. The molecular formula is C23H23ClFN3O4. The second kappa shape index (κ2) is 8.01. The van der Waals surface area contributed by atoms with Crippen molar-refractivity contribution in [1.82, 2.24) is 9.78 Å². The highest BCUT2D eigenvalue weighted by Gasteiger charge is 2.42. The number of allylic oxidation sites excluding steroid dienone is 4. The third-order valence-electron chi connectivity index (χ3n) is 6.75. The molecule has 5 rings (SSSR count). The Morgan fingerprint density at radius 3 is 2.69 bits per heavy atom. The zero-order valence-electron chi connectivity index (χ0n) is 17.2. The summed E-state index contributed by atoms with van der Waals surface area (Å²) >= 11 is 6.47. The fourth-order valence-corrected chi connectivity index (χ4v) is 5.22. The number of carbonyl (C=O) groups excluding carboxylic acids is 1. The van der Waals surface area contributed by atoms with Crippen molar-refractivity contribution in [2.45, 2.75) is 25.4 Å². The molecular weight excluding hydrogens is 437 g/mol. The number of halogens is 2. The molecule has 2 aromatic rings. The van der Waals surface area contributed by atoms with Crippen LogP contribution in [0.5, 0.6) is 0 Å². The molecule has 2 aliphatic carbocycles. The van der Waals surface area contributed by atoms with Crippen LogP contribution in [0.15, 0.2) is 41.5 Å². The summed E-state index contributed by atoms with van der Waals surface area (Å²) in [5.41, 5.74) is 0.327. The van der Waals surface area contributed by atoms with E-state index in [1.807, 2.05) is 12.2 Å². The minimum Gasteiger partial charge on any atom is -0.481 e. The lowest BCUT2D eigenvalue weighted by atomic mass is 9.84. The van der Waals surface area contributed by atoms with E-state index in [1.54, 1.807) is 17.0 Å². The van der Waals surface area contributed by atoms with Crippen LogP contribution in [0, 0.1) is 29.5 Å². The summed E-state index contributed by atoms with van der Waals surface area (Å²) in [4.78, 5) is 26.6.